The molecule has 4 nitrogen and oxygen atoms in total. The van der Waals surface area contributed by atoms with Crippen molar-refractivity contribution in [3.63, 3.8) is 0 Å². The van der Waals surface area contributed by atoms with Crippen LogP contribution in [0.5, 0.6) is 5.75 Å². The number of carbonyl (C=O) groups excluding carboxylic acids is 1. The van der Waals surface area contributed by atoms with E-state index in [0.29, 0.717) is 19.6 Å². The van der Waals surface area contributed by atoms with E-state index in [-0.39, 0.29) is 23.7 Å². The summed E-state index contributed by atoms with van der Waals surface area (Å²) in [5.74, 6) is 0.707. The van der Waals surface area contributed by atoms with Crippen molar-refractivity contribution < 1.29 is 9.53 Å². The van der Waals surface area contributed by atoms with Gasteiger partial charge in [-0.3, -0.25) is 4.79 Å². The van der Waals surface area contributed by atoms with Crippen molar-refractivity contribution in [2.75, 3.05) is 13.2 Å². The largest absolute Gasteiger partial charge is 0.492 e. The zero-order chi connectivity index (χ0) is 15.9. The fourth-order valence-corrected chi connectivity index (χ4v) is 1.97. The van der Waals surface area contributed by atoms with Crippen molar-refractivity contribution in [3.8, 4) is 5.75 Å². The van der Waals surface area contributed by atoms with Gasteiger partial charge in [0.15, 0.2) is 0 Å². The van der Waals surface area contributed by atoms with Crippen LogP contribution in [0.15, 0.2) is 24.3 Å². The highest BCUT2D eigenvalue weighted by Crippen LogP contribution is 2.24. The van der Waals surface area contributed by atoms with Crippen LogP contribution >= 0.6 is 12.4 Å². The molecule has 126 valence electrons. The molecule has 1 unspecified atom stereocenters. The average Bonchev–Trinajstić information content (AvgIpc) is 2.43. The summed E-state index contributed by atoms with van der Waals surface area (Å²) in [5, 5.41) is 2.78. The molecule has 1 rings (SSSR count). The molecule has 5 heteroatoms. The minimum absolute atomic E-state index is 0. The van der Waals surface area contributed by atoms with Crippen LogP contribution in [-0.4, -0.2) is 25.1 Å². The second kappa shape index (κ2) is 9.70. The van der Waals surface area contributed by atoms with Gasteiger partial charge in [-0.1, -0.05) is 46.2 Å². The number of amides is 1. The lowest BCUT2D eigenvalue weighted by atomic mass is 9.87. The molecule has 0 saturated heterocycles. The summed E-state index contributed by atoms with van der Waals surface area (Å²) in [6, 6.07) is 7.66. The average molecular weight is 329 g/mol. The smallest absolute Gasteiger partial charge is 0.237 e. The molecule has 3 N–H and O–H groups in total. The summed E-state index contributed by atoms with van der Waals surface area (Å²) in [6.45, 7) is 9.46. The van der Waals surface area contributed by atoms with Crippen LogP contribution in [0.1, 0.15) is 46.1 Å². The Morgan fingerprint density at radius 1 is 1.27 bits per heavy atom. The van der Waals surface area contributed by atoms with E-state index >= 15 is 0 Å². The molecule has 1 amide bonds. The molecule has 0 saturated carbocycles. The lowest BCUT2D eigenvalue weighted by Crippen LogP contribution is -2.41. The fraction of sp³-hybridized carbons (Fsp3) is 0.588. The lowest BCUT2D eigenvalue weighted by Gasteiger charge is -2.19. The molecule has 0 spiro atoms. The van der Waals surface area contributed by atoms with E-state index in [1.165, 1.54) is 5.56 Å². The maximum Gasteiger partial charge on any atom is 0.237 e. The van der Waals surface area contributed by atoms with Gasteiger partial charge >= 0.3 is 0 Å². The third-order valence-electron chi connectivity index (χ3n) is 3.33. The van der Waals surface area contributed by atoms with Crippen molar-refractivity contribution in [3.05, 3.63) is 29.8 Å². The molecule has 0 radical (unpaired) electrons. The van der Waals surface area contributed by atoms with E-state index in [4.69, 9.17) is 10.5 Å². The predicted octanol–water partition coefficient (Wildman–Crippen LogP) is 3.03. The van der Waals surface area contributed by atoms with E-state index in [0.717, 1.165) is 12.2 Å². The van der Waals surface area contributed by atoms with E-state index in [1.807, 2.05) is 19.1 Å². The Labute approximate surface area is 140 Å². The van der Waals surface area contributed by atoms with Crippen molar-refractivity contribution in [1.29, 1.82) is 0 Å². The number of halogens is 1. The molecular formula is C17H29ClN2O2. The SMILES string of the molecule is CCCC(N)C(=O)NCCOc1ccc(C(C)(C)C)cc1.Cl. The van der Waals surface area contributed by atoms with Crippen LogP contribution in [0.3, 0.4) is 0 Å². The summed E-state index contributed by atoms with van der Waals surface area (Å²) in [7, 11) is 0. The standard InChI is InChI=1S/C17H28N2O2.ClH/c1-5-6-15(18)16(20)19-11-12-21-14-9-7-13(8-10-14)17(2,3)4;/h7-10,15H,5-6,11-12,18H2,1-4H3,(H,19,20);1H. The molecule has 0 heterocycles. The van der Waals surface area contributed by atoms with E-state index < -0.39 is 6.04 Å². The monoisotopic (exact) mass is 328 g/mol. The first-order valence-electron chi connectivity index (χ1n) is 7.61. The Kier molecular flexibility index (Phi) is 9.14. The zero-order valence-electron chi connectivity index (χ0n) is 14.0. The van der Waals surface area contributed by atoms with Gasteiger partial charge in [-0.15, -0.1) is 12.4 Å². The first-order valence-corrected chi connectivity index (χ1v) is 7.61. The predicted molar refractivity (Wildman–Crippen MR) is 93.8 cm³/mol. The molecule has 0 aliphatic carbocycles. The van der Waals surface area contributed by atoms with Crippen molar-refractivity contribution in [1.82, 2.24) is 5.32 Å². The van der Waals surface area contributed by atoms with Gasteiger partial charge in [0.05, 0.1) is 12.6 Å². The van der Waals surface area contributed by atoms with Crippen LogP contribution in [0.4, 0.5) is 0 Å². The summed E-state index contributed by atoms with van der Waals surface area (Å²) < 4.78 is 5.61. The number of hydrogen-bond acceptors (Lipinski definition) is 3. The number of hydrogen-bond donors (Lipinski definition) is 2. The van der Waals surface area contributed by atoms with Gasteiger partial charge in [0, 0.05) is 0 Å². The maximum absolute atomic E-state index is 11.6. The number of benzene rings is 1. The van der Waals surface area contributed by atoms with E-state index in [1.54, 1.807) is 0 Å². The molecule has 1 aromatic rings. The molecule has 0 aliphatic rings. The quantitative estimate of drug-likeness (QED) is 0.756. The normalized spacial score (nSPS) is 12.2. The number of carbonyl (C=O) groups is 1. The Bertz CT molecular complexity index is 441. The van der Waals surface area contributed by atoms with Gasteiger partial charge in [-0.25, -0.2) is 0 Å². The third kappa shape index (κ3) is 7.14. The molecule has 22 heavy (non-hydrogen) atoms. The summed E-state index contributed by atoms with van der Waals surface area (Å²) in [4.78, 5) is 11.6. The highest BCUT2D eigenvalue weighted by molar-refractivity contribution is 5.85. The number of ether oxygens (including phenoxy) is 1. The topological polar surface area (TPSA) is 64.4 Å². The minimum Gasteiger partial charge on any atom is -0.492 e. The molecule has 0 fully saturated rings. The molecule has 0 aromatic heterocycles. The van der Waals surface area contributed by atoms with Crippen LogP contribution < -0.4 is 15.8 Å². The van der Waals surface area contributed by atoms with Gasteiger partial charge in [0.1, 0.15) is 12.4 Å². The molecular weight excluding hydrogens is 300 g/mol. The zero-order valence-corrected chi connectivity index (χ0v) is 14.8. The number of nitrogens with two attached hydrogens (primary N) is 1. The fourth-order valence-electron chi connectivity index (χ4n) is 1.97. The Morgan fingerprint density at radius 3 is 2.36 bits per heavy atom. The molecule has 1 aromatic carbocycles. The second-order valence-electron chi connectivity index (χ2n) is 6.31. The number of rotatable bonds is 7. The van der Waals surface area contributed by atoms with Crippen LogP contribution in [0.25, 0.3) is 0 Å². The molecule has 0 bridgehead atoms. The van der Waals surface area contributed by atoms with Gasteiger partial charge < -0.3 is 15.8 Å². The van der Waals surface area contributed by atoms with Crippen LogP contribution in [0, 0.1) is 0 Å². The summed E-state index contributed by atoms with van der Waals surface area (Å²) in [6.07, 6.45) is 1.62. The summed E-state index contributed by atoms with van der Waals surface area (Å²) in [5.41, 5.74) is 7.14. The highest BCUT2D eigenvalue weighted by Gasteiger charge is 2.13. The molecule has 1 atom stereocenters. The minimum atomic E-state index is -0.416. The van der Waals surface area contributed by atoms with Crippen molar-refractivity contribution in [2.24, 2.45) is 5.73 Å². The first-order chi connectivity index (χ1) is 9.84. The van der Waals surface area contributed by atoms with Crippen molar-refractivity contribution in [2.45, 2.75) is 52.0 Å². The highest BCUT2D eigenvalue weighted by atomic mass is 35.5. The van der Waals surface area contributed by atoms with Crippen LogP contribution in [-0.2, 0) is 10.2 Å². The van der Waals surface area contributed by atoms with Gasteiger partial charge in [0.2, 0.25) is 5.91 Å². The van der Waals surface area contributed by atoms with Crippen LogP contribution in [0.2, 0.25) is 0 Å². The Morgan fingerprint density at radius 2 is 1.86 bits per heavy atom. The second-order valence-corrected chi connectivity index (χ2v) is 6.31. The lowest BCUT2D eigenvalue weighted by molar-refractivity contribution is -0.122. The van der Waals surface area contributed by atoms with E-state index in [9.17, 15) is 4.79 Å². The third-order valence-corrected chi connectivity index (χ3v) is 3.33. The van der Waals surface area contributed by atoms with Gasteiger partial charge in [-0.2, -0.15) is 0 Å². The first kappa shape index (κ1) is 20.7. The number of nitrogens with one attached hydrogen (secondary N) is 1. The van der Waals surface area contributed by atoms with E-state index in [2.05, 4.69) is 38.2 Å². The Hall–Kier alpha value is -1.26. The Balaban J connectivity index is 0.00000441. The summed E-state index contributed by atoms with van der Waals surface area (Å²) >= 11 is 0. The van der Waals surface area contributed by atoms with Gasteiger partial charge in [0.25, 0.3) is 0 Å². The maximum atomic E-state index is 11.6. The van der Waals surface area contributed by atoms with Crippen molar-refractivity contribution >= 4 is 18.3 Å². The van der Waals surface area contributed by atoms with Gasteiger partial charge in [-0.05, 0) is 29.5 Å². The molecule has 0 aliphatic heterocycles.